The second-order valence-corrected chi connectivity index (χ2v) is 20.9. The Hall–Kier alpha value is -10.8. The lowest BCUT2D eigenvalue weighted by molar-refractivity contribution is 0.656. The highest BCUT2D eigenvalue weighted by molar-refractivity contribution is 6.21. The molecule has 0 aliphatic heterocycles. The lowest BCUT2D eigenvalue weighted by Gasteiger charge is -2.27. The molecule has 80 heavy (non-hydrogen) atoms. The highest BCUT2D eigenvalue weighted by atomic mass is 16.3. The van der Waals surface area contributed by atoms with Crippen LogP contribution < -0.4 is 9.80 Å². The van der Waals surface area contributed by atoms with Gasteiger partial charge in [-0.15, -0.1) is 0 Å². The van der Waals surface area contributed by atoms with Gasteiger partial charge < -0.3 is 27.8 Å². The molecule has 0 unspecified atom stereocenters. The van der Waals surface area contributed by atoms with Crippen molar-refractivity contribution in [3.63, 3.8) is 0 Å². The van der Waals surface area contributed by atoms with E-state index in [1.807, 2.05) is 0 Å². The van der Waals surface area contributed by atoms with Gasteiger partial charge in [0.1, 0.15) is 22.3 Å². The van der Waals surface area contributed by atoms with Gasteiger partial charge in [0.05, 0.1) is 33.4 Å². The van der Waals surface area contributed by atoms with Gasteiger partial charge in [0, 0.05) is 83.3 Å². The van der Waals surface area contributed by atoms with Gasteiger partial charge in [-0.1, -0.05) is 133 Å². The van der Waals surface area contributed by atoms with Crippen molar-refractivity contribution < 1.29 is 8.83 Å². The molecular formula is C74H46N4O2. The van der Waals surface area contributed by atoms with Crippen molar-refractivity contribution in [2.45, 2.75) is 0 Å². The van der Waals surface area contributed by atoms with E-state index >= 15 is 0 Å². The highest BCUT2D eigenvalue weighted by Crippen LogP contribution is 2.48. The van der Waals surface area contributed by atoms with Gasteiger partial charge in [-0.2, -0.15) is 0 Å². The van der Waals surface area contributed by atoms with E-state index in [1.165, 1.54) is 32.6 Å². The second-order valence-electron chi connectivity index (χ2n) is 20.9. The number of rotatable bonds is 8. The van der Waals surface area contributed by atoms with E-state index in [1.54, 1.807) is 0 Å². The van der Waals surface area contributed by atoms with Gasteiger partial charge in [0.25, 0.3) is 0 Å². The Morgan fingerprint density at radius 1 is 0.237 bits per heavy atom. The van der Waals surface area contributed by atoms with E-state index in [2.05, 4.69) is 298 Å². The van der Waals surface area contributed by atoms with Crippen LogP contribution in [0.2, 0.25) is 0 Å². The van der Waals surface area contributed by atoms with Crippen molar-refractivity contribution >= 4 is 143 Å². The summed E-state index contributed by atoms with van der Waals surface area (Å²) in [4.78, 5) is 4.78. The Bertz CT molecular complexity index is 4980. The normalized spacial score (nSPS) is 12.0. The van der Waals surface area contributed by atoms with Crippen LogP contribution in [-0.2, 0) is 0 Å². The highest BCUT2D eigenvalue weighted by Gasteiger charge is 2.24. The fourth-order valence-corrected chi connectivity index (χ4v) is 12.9. The number of benzene rings is 13. The van der Waals surface area contributed by atoms with Gasteiger partial charge in [-0.25, -0.2) is 0 Å². The largest absolute Gasteiger partial charge is 0.456 e. The number of anilines is 6. The predicted octanol–water partition coefficient (Wildman–Crippen LogP) is 20.9. The molecule has 0 amide bonds. The molecule has 0 saturated carbocycles. The number of hydrogen-bond donors (Lipinski definition) is 0. The van der Waals surface area contributed by atoms with Crippen LogP contribution in [0.4, 0.5) is 34.1 Å². The second kappa shape index (κ2) is 17.3. The average molecular weight is 1020 g/mol. The minimum atomic E-state index is 0.794. The Labute approximate surface area is 459 Å². The molecule has 13 aromatic carbocycles. The smallest absolute Gasteiger partial charge is 0.139 e. The molecule has 0 bridgehead atoms. The van der Waals surface area contributed by atoms with Crippen LogP contribution >= 0.6 is 0 Å². The molecule has 0 saturated heterocycles. The zero-order chi connectivity index (χ0) is 52.4. The monoisotopic (exact) mass is 1020 g/mol. The average Bonchev–Trinajstić information content (AvgIpc) is 4.28. The molecule has 0 N–H and O–H groups in total. The van der Waals surface area contributed by atoms with Gasteiger partial charge in [-0.05, 0) is 161 Å². The summed E-state index contributed by atoms with van der Waals surface area (Å²) in [5, 5.41) is 13.5. The summed E-state index contributed by atoms with van der Waals surface area (Å²) in [6.07, 6.45) is 0. The van der Waals surface area contributed by atoms with Gasteiger partial charge in [-0.3, -0.25) is 0 Å². The molecule has 0 aliphatic rings. The summed E-state index contributed by atoms with van der Waals surface area (Å²) in [5.41, 5.74) is 16.7. The topological polar surface area (TPSA) is 42.6 Å². The maximum absolute atomic E-state index is 6.79. The molecular weight excluding hydrogens is 977 g/mol. The Kier molecular flexibility index (Phi) is 9.61. The summed E-state index contributed by atoms with van der Waals surface area (Å²) in [5.74, 6) is 0. The summed E-state index contributed by atoms with van der Waals surface area (Å²) in [6.45, 7) is 0. The van der Waals surface area contributed by atoms with Crippen LogP contribution in [0.5, 0.6) is 0 Å². The molecule has 17 rings (SSSR count). The van der Waals surface area contributed by atoms with E-state index < -0.39 is 0 Å². The number of fused-ring (bicyclic) bond motifs is 14. The van der Waals surface area contributed by atoms with Crippen LogP contribution in [0.1, 0.15) is 0 Å². The summed E-state index contributed by atoms with van der Waals surface area (Å²) < 4.78 is 18.3. The zero-order valence-corrected chi connectivity index (χ0v) is 43.2. The standard InChI is InChI=1S/C74H46N4O2/c1-5-19-51(20-6-1)75(65-31-17-33-67-73(65)57-27-13-15-29-63(57)77(67)53-23-9-3-10-24-53)55-37-35-47-41-59-61-45-62-60-42-48-36-38-56(40-50(48)44-70(60)80-72(62)46-71(61)79-69(59)43-49(47)39-55)76(52-21-7-2-8-22-52)66-32-18-34-68-74(66)58-28-14-16-30-64(58)78(68)54-25-11-4-12-26-54/h1-46H. The SMILES string of the molecule is c1ccc(N(c2ccc3cc4c(cc3c2)oc2cc3oc5cc6cc(N(c7ccccc7)c7cccc8c7c7ccccc7n8-c7ccccc7)ccc6cc5c3cc24)c2cccc3c2c2ccccc2n3-c2ccccc2)cc1. The molecule has 0 fully saturated rings. The fourth-order valence-electron chi connectivity index (χ4n) is 12.9. The minimum Gasteiger partial charge on any atom is -0.456 e. The lowest BCUT2D eigenvalue weighted by Crippen LogP contribution is -2.10. The molecule has 0 spiro atoms. The Balaban J connectivity index is 0.774. The number of aromatic nitrogens is 2. The zero-order valence-electron chi connectivity index (χ0n) is 43.2. The van der Waals surface area contributed by atoms with Crippen molar-refractivity contribution in [2.24, 2.45) is 0 Å². The first-order chi connectivity index (χ1) is 39.7. The minimum absolute atomic E-state index is 0.794. The van der Waals surface area contributed by atoms with Gasteiger partial charge in [0.2, 0.25) is 0 Å². The number of hydrogen-bond acceptors (Lipinski definition) is 4. The van der Waals surface area contributed by atoms with Crippen molar-refractivity contribution in [2.75, 3.05) is 9.80 Å². The molecule has 374 valence electrons. The first-order valence-corrected chi connectivity index (χ1v) is 27.2. The van der Waals surface area contributed by atoms with Gasteiger partial charge >= 0.3 is 0 Å². The summed E-state index contributed by atoms with van der Waals surface area (Å²) in [7, 11) is 0. The van der Waals surface area contributed by atoms with Crippen LogP contribution in [0.25, 0.3) is 120 Å². The molecule has 17 aromatic rings. The third-order valence-electron chi connectivity index (χ3n) is 16.4. The quantitative estimate of drug-likeness (QED) is 0.152. The Morgan fingerprint density at radius 3 is 1.06 bits per heavy atom. The third kappa shape index (κ3) is 6.72. The van der Waals surface area contributed by atoms with E-state index in [0.717, 1.165) is 122 Å². The third-order valence-corrected chi connectivity index (χ3v) is 16.4. The number of furan rings is 2. The lowest BCUT2D eigenvalue weighted by atomic mass is 10.0. The van der Waals surface area contributed by atoms with E-state index in [0.29, 0.717) is 0 Å². The van der Waals surface area contributed by atoms with Crippen LogP contribution in [0, 0.1) is 0 Å². The van der Waals surface area contributed by atoms with Crippen LogP contribution in [-0.4, -0.2) is 9.13 Å². The molecule has 6 heteroatoms. The molecule has 6 nitrogen and oxygen atoms in total. The molecule has 0 radical (unpaired) electrons. The van der Waals surface area contributed by atoms with E-state index in [-0.39, 0.29) is 0 Å². The van der Waals surface area contributed by atoms with Crippen molar-refractivity contribution in [3.8, 4) is 11.4 Å². The first kappa shape index (κ1) is 44.3. The molecule has 0 aliphatic carbocycles. The fraction of sp³-hybridized carbons (Fsp3) is 0. The predicted molar refractivity (Wildman–Crippen MR) is 334 cm³/mol. The molecule has 4 aromatic heterocycles. The first-order valence-electron chi connectivity index (χ1n) is 27.2. The van der Waals surface area contributed by atoms with Crippen molar-refractivity contribution in [1.29, 1.82) is 0 Å². The van der Waals surface area contributed by atoms with Crippen molar-refractivity contribution in [1.82, 2.24) is 9.13 Å². The summed E-state index contributed by atoms with van der Waals surface area (Å²) in [6, 6.07) is 100. The van der Waals surface area contributed by atoms with E-state index in [9.17, 15) is 0 Å². The summed E-state index contributed by atoms with van der Waals surface area (Å²) >= 11 is 0. The van der Waals surface area contributed by atoms with E-state index in [4.69, 9.17) is 8.83 Å². The number of para-hydroxylation sites is 6. The maximum Gasteiger partial charge on any atom is 0.139 e. The molecule has 4 heterocycles. The van der Waals surface area contributed by atoms with Crippen molar-refractivity contribution in [3.05, 3.63) is 279 Å². The van der Waals surface area contributed by atoms with Crippen LogP contribution in [0.15, 0.2) is 288 Å². The number of nitrogens with zero attached hydrogens (tertiary/aromatic N) is 4. The molecule has 0 atom stereocenters. The van der Waals surface area contributed by atoms with Gasteiger partial charge in [0.15, 0.2) is 0 Å². The maximum atomic E-state index is 6.79. The Morgan fingerprint density at radius 2 is 0.613 bits per heavy atom. The van der Waals surface area contributed by atoms with Crippen LogP contribution in [0.3, 0.4) is 0 Å².